The second-order valence-corrected chi connectivity index (χ2v) is 10.2. The monoisotopic (exact) mass is 529 g/mol. The van der Waals surface area contributed by atoms with Gasteiger partial charge in [-0.25, -0.2) is 4.90 Å². The summed E-state index contributed by atoms with van der Waals surface area (Å²) in [6.45, 7) is 3.78. The molecule has 0 radical (unpaired) electrons. The van der Waals surface area contributed by atoms with Crippen molar-refractivity contribution in [2.45, 2.75) is 25.6 Å². The van der Waals surface area contributed by atoms with Crippen LogP contribution in [-0.2, 0) is 14.3 Å². The van der Waals surface area contributed by atoms with Gasteiger partial charge in [0.25, 0.3) is 0 Å². The molecule has 6 rings (SSSR count). The van der Waals surface area contributed by atoms with Crippen molar-refractivity contribution < 1.29 is 23.9 Å². The fraction of sp³-hybridized carbons (Fsp3) is 0.214. The minimum Gasteiger partial charge on any atom is -0.349 e. The fourth-order valence-corrected chi connectivity index (χ4v) is 6.41. The predicted molar refractivity (Wildman–Crippen MR) is 131 cm³/mol. The third kappa shape index (κ3) is 2.79. The van der Waals surface area contributed by atoms with Gasteiger partial charge in [-0.05, 0) is 58.6 Å². The lowest BCUT2D eigenvalue weighted by atomic mass is 9.77. The standard InChI is InChI=1S/C28H20BrNO5/c1-14-11-12-20(19(29)13-14)30-26(33)21-22(27(30)34)28(35-23(21)16-8-4-3-7-15(16)2)24(31)17-9-5-6-10-18(17)25(28)32/h3-13,21-23H,1-2H3/t21-,22+,23-/m0/s1. The SMILES string of the molecule is Cc1ccc(N2C(=O)[C@@H]3[C@H](c4ccccc4C)OC4(C(=O)c5ccccc5C4=O)[C@H]3C2=O)c(Br)c1. The highest BCUT2D eigenvalue weighted by atomic mass is 79.9. The molecule has 3 aromatic carbocycles. The van der Waals surface area contributed by atoms with Crippen LogP contribution in [0, 0.1) is 25.7 Å². The Morgan fingerprint density at radius 2 is 1.46 bits per heavy atom. The van der Waals surface area contributed by atoms with Crippen molar-refractivity contribution in [2.75, 3.05) is 4.90 Å². The molecule has 1 spiro atoms. The molecule has 1 aliphatic carbocycles. The molecule has 0 aromatic heterocycles. The van der Waals surface area contributed by atoms with Crippen LogP contribution < -0.4 is 4.90 Å². The number of amides is 2. The van der Waals surface area contributed by atoms with E-state index in [1.165, 1.54) is 0 Å². The average Bonchev–Trinajstić information content (AvgIpc) is 3.40. The van der Waals surface area contributed by atoms with E-state index in [2.05, 4.69) is 15.9 Å². The van der Waals surface area contributed by atoms with Crippen LogP contribution in [0.15, 0.2) is 71.2 Å². The van der Waals surface area contributed by atoms with E-state index in [9.17, 15) is 19.2 Å². The van der Waals surface area contributed by atoms with Gasteiger partial charge in [-0.2, -0.15) is 0 Å². The third-order valence-corrected chi connectivity index (χ3v) is 7.99. The summed E-state index contributed by atoms with van der Waals surface area (Å²) in [6, 6.07) is 19.2. The molecule has 0 N–H and O–H groups in total. The smallest absolute Gasteiger partial charge is 0.241 e. The molecule has 0 bridgehead atoms. The second-order valence-electron chi connectivity index (χ2n) is 9.30. The summed E-state index contributed by atoms with van der Waals surface area (Å²) in [4.78, 5) is 56.7. The Hall–Kier alpha value is -3.42. The van der Waals surface area contributed by atoms with E-state index in [0.29, 0.717) is 15.7 Å². The average molecular weight is 530 g/mol. The minimum atomic E-state index is -2.07. The maximum absolute atomic E-state index is 14.0. The highest BCUT2D eigenvalue weighted by molar-refractivity contribution is 9.10. The Kier molecular flexibility index (Phi) is 4.75. The van der Waals surface area contributed by atoms with Gasteiger partial charge >= 0.3 is 0 Å². The summed E-state index contributed by atoms with van der Waals surface area (Å²) >= 11 is 3.47. The Morgan fingerprint density at radius 1 is 0.829 bits per heavy atom. The lowest BCUT2D eigenvalue weighted by Crippen LogP contribution is -2.51. The van der Waals surface area contributed by atoms with Crippen molar-refractivity contribution >= 4 is 45.0 Å². The molecule has 0 saturated carbocycles. The largest absolute Gasteiger partial charge is 0.349 e. The van der Waals surface area contributed by atoms with Gasteiger partial charge in [0.2, 0.25) is 29.0 Å². The molecule has 7 heteroatoms. The zero-order chi connectivity index (χ0) is 24.6. The van der Waals surface area contributed by atoms with Crippen LogP contribution in [0.2, 0.25) is 0 Å². The highest BCUT2D eigenvalue weighted by Crippen LogP contribution is 2.58. The molecule has 174 valence electrons. The van der Waals surface area contributed by atoms with Crippen LogP contribution in [0.4, 0.5) is 5.69 Å². The third-order valence-electron chi connectivity index (χ3n) is 7.36. The summed E-state index contributed by atoms with van der Waals surface area (Å²) in [7, 11) is 0. The number of aryl methyl sites for hydroxylation is 2. The molecule has 3 atom stereocenters. The maximum atomic E-state index is 14.0. The number of hydrogen-bond acceptors (Lipinski definition) is 5. The zero-order valence-electron chi connectivity index (χ0n) is 18.9. The van der Waals surface area contributed by atoms with Crippen LogP contribution >= 0.6 is 15.9 Å². The predicted octanol–water partition coefficient (Wildman–Crippen LogP) is 4.76. The normalized spacial score (nSPS) is 24.4. The van der Waals surface area contributed by atoms with Gasteiger partial charge in [-0.3, -0.25) is 19.2 Å². The summed E-state index contributed by atoms with van der Waals surface area (Å²) in [5.74, 6) is -4.48. The number of benzene rings is 3. The topological polar surface area (TPSA) is 80.8 Å². The number of ether oxygens (including phenoxy) is 1. The van der Waals surface area contributed by atoms with E-state index in [4.69, 9.17) is 4.74 Å². The van der Waals surface area contributed by atoms with Crippen molar-refractivity contribution in [3.63, 3.8) is 0 Å². The number of nitrogens with zero attached hydrogens (tertiary/aromatic N) is 1. The van der Waals surface area contributed by atoms with Gasteiger partial charge in [-0.1, -0.05) is 54.6 Å². The van der Waals surface area contributed by atoms with Crippen LogP contribution in [0.1, 0.15) is 43.5 Å². The molecule has 35 heavy (non-hydrogen) atoms. The van der Waals surface area contributed by atoms with Gasteiger partial charge in [-0.15, -0.1) is 0 Å². The first-order valence-electron chi connectivity index (χ1n) is 11.3. The van der Waals surface area contributed by atoms with E-state index < -0.39 is 46.9 Å². The molecule has 3 aromatic rings. The summed E-state index contributed by atoms with van der Waals surface area (Å²) < 4.78 is 6.92. The number of hydrogen-bond donors (Lipinski definition) is 0. The number of anilines is 1. The summed E-state index contributed by atoms with van der Waals surface area (Å²) in [6.07, 6.45) is -0.922. The fourth-order valence-electron chi connectivity index (χ4n) is 5.74. The molecule has 2 amide bonds. The van der Waals surface area contributed by atoms with Crippen molar-refractivity contribution in [3.8, 4) is 0 Å². The Labute approximate surface area is 210 Å². The molecule has 2 saturated heterocycles. The van der Waals surface area contributed by atoms with Gasteiger partial charge < -0.3 is 4.74 Å². The van der Waals surface area contributed by atoms with Gasteiger partial charge in [0.15, 0.2) is 0 Å². The van der Waals surface area contributed by atoms with Gasteiger partial charge in [0.1, 0.15) is 0 Å². The lowest BCUT2D eigenvalue weighted by molar-refractivity contribution is -0.127. The van der Waals surface area contributed by atoms with Crippen LogP contribution in [0.25, 0.3) is 0 Å². The molecule has 2 aliphatic heterocycles. The second kappa shape index (κ2) is 7.54. The van der Waals surface area contributed by atoms with Crippen LogP contribution in [0.3, 0.4) is 0 Å². The quantitative estimate of drug-likeness (QED) is 0.353. The number of fused-ring (bicyclic) bond motifs is 3. The van der Waals surface area contributed by atoms with Crippen molar-refractivity contribution in [2.24, 2.45) is 11.8 Å². The van der Waals surface area contributed by atoms with E-state index >= 15 is 0 Å². The van der Waals surface area contributed by atoms with Crippen molar-refractivity contribution in [1.82, 2.24) is 0 Å². The molecular weight excluding hydrogens is 510 g/mol. The number of rotatable bonds is 2. The highest BCUT2D eigenvalue weighted by Gasteiger charge is 2.74. The van der Waals surface area contributed by atoms with Crippen LogP contribution in [-0.4, -0.2) is 29.0 Å². The minimum absolute atomic E-state index is 0.219. The molecule has 6 nitrogen and oxygen atoms in total. The van der Waals surface area contributed by atoms with E-state index in [1.807, 2.05) is 50.2 Å². The first kappa shape index (κ1) is 22.1. The Morgan fingerprint density at radius 3 is 2.09 bits per heavy atom. The number of carbonyl (C=O) groups is 4. The zero-order valence-corrected chi connectivity index (χ0v) is 20.5. The number of imide groups is 1. The van der Waals surface area contributed by atoms with E-state index in [0.717, 1.165) is 16.0 Å². The molecule has 0 unspecified atom stereocenters. The Bertz CT molecular complexity index is 1440. The first-order chi connectivity index (χ1) is 16.8. The first-order valence-corrected chi connectivity index (χ1v) is 12.1. The van der Waals surface area contributed by atoms with Crippen molar-refractivity contribution in [1.29, 1.82) is 0 Å². The molecule has 3 aliphatic rings. The molecule has 2 fully saturated rings. The van der Waals surface area contributed by atoms with Gasteiger partial charge in [0.05, 0.1) is 23.6 Å². The Balaban J connectivity index is 1.57. The summed E-state index contributed by atoms with van der Waals surface area (Å²) in [5, 5.41) is 0. The number of ketones is 2. The number of carbonyl (C=O) groups excluding carboxylic acids is 4. The maximum Gasteiger partial charge on any atom is 0.241 e. The molecule has 2 heterocycles. The molecular formula is C28H20BrNO5. The van der Waals surface area contributed by atoms with Crippen LogP contribution in [0.5, 0.6) is 0 Å². The number of Topliss-reactive ketones (excluding diaryl/α,β-unsaturated/α-hetero) is 2. The van der Waals surface area contributed by atoms with E-state index in [-0.39, 0.29) is 11.1 Å². The lowest BCUT2D eigenvalue weighted by Gasteiger charge is -2.28. The van der Waals surface area contributed by atoms with E-state index in [1.54, 1.807) is 30.3 Å². The summed E-state index contributed by atoms with van der Waals surface area (Å²) in [5.41, 5.74) is 1.23. The number of halogens is 1. The van der Waals surface area contributed by atoms with Crippen molar-refractivity contribution in [3.05, 3.63) is 99.0 Å². The van der Waals surface area contributed by atoms with Gasteiger partial charge in [0, 0.05) is 15.6 Å².